The summed E-state index contributed by atoms with van der Waals surface area (Å²) in [7, 11) is 0. The summed E-state index contributed by atoms with van der Waals surface area (Å²) in [6, 6.07) is 2.19. The monoisotopic (exact) mass is 226 g/mol. The van der Waals surface area contributed by atoms with Crippen molar-refractivity contribution in [3.05, 3.63) is 42.2 Å². The lowest BCUT2D eigenvalue weighted by Crippen LogP contribution is -2.16. The summed E-state index contributed by atoms with van der Waals surface area (Å²) < 4.78 is 0. The van der Waals surface area contributed by atoms with Gasteiger partial charge in [-0.25, -0.2) is 0 Å². The highest BCUT2D eigenvalue weighted by atomic mass is 14.9. The van der Waals surface area contributed by atoms with Gasteiger partial charge in [0.15, 0.2) is 0 Å². The standard InChI is InChI=1S/C15H18N2/c1-2-11-5-14(9-16-7-11)12-3-4-13-8-17-10-15(13)6-12/h2-3,5,7,9,13,15,17H,1,4,6,8,10H2/t13-,15+/m1/s1. The van der Waals surface area contributed by atoms with Gasteiger partial charge in [-0.15, -0.1) is 0 Å². The minimum atomic E-state index is 0.822. The molecule has 0 radical (unpaired) electrons. The molecule has 2 aliphatic rings. The van der Waals surface area contributed by atoms with Gasteiger partial charge in [0.2, 0.25) is 0 Å². The van der Waals surface area contributed by atoms with Crippen LogP contribution in [0.25, 0.3) is 11.6 Å². The van der Waals surface area contributed by atoms with E-state index in [4.69, 9.17) is 0 Å². The maximum absolute atomic E-state index is 4.29. The van der Waals surface area contributed by atoms with Crippen LogP contribution in [-0.4, -0.2) is 18.1 Å². The molecule has 0 unspecified atom stereocenters. The Hall–Kier alpha value is -1.41. The molecule has 0 amide bonds. The van der Waals surface area contributed by atoms with Crippen molar-refractivity contribution in [2.75, 3.05) is 13.1 Å². The van der Waals surface area contributed by atoms with Gasteiger partial charge in [0.25, 0.3) is 0 Å². The molecule has 0 spiro atoms. The summed E-state index contributed by atoms with van der Waals surface area (Å²) in [6.07, 6.45) is 10.5. The summed E-state index contributed by atoms with van der Waals surface area (Å²) in [4.78, 5) is 4.29. The van der Waals surface area contributed by atoms with Gasteiger partial charge in [-0.3, -0.25) is 4.98 Å². The van der Waals surface area contributed by atoms with Gasteiger partial charge < -0.3 is 5.32 Å². The van der Waals surface area contributed by atoms with Gasteiger partial charge >= 0.3 is 0 Å². The van der Waals surface area contributed by atoms with Crippen molar-refractivity contribution in [2.24, 2.45) is 11.8 Å². The fourth-order valence-electron chi connectivity index (χ4n) is 2.94. The Bertz CT molecular complexity index is 462. The molecule has 1 saturated heterocycles. The SMILES string of the molecule is C=Cc1cncc(C2=CC[C@@H]3CNC[C@@H]3C2)c1. The Balaban J connectivity index is 1.86. The summed E-state index contributed by atoms with van der Waals surface area (Å²) in [5.74, 6) is 1.68. The zero-order valence-electron chi connectivity index (χ0n) is 10.0. The van der Waals surface area contributed by atoms with E-state index in [-0.39, 0.29) is 0 Å². The zero-order chi connectivity index (χ0) is 11.7. The van der Waals surface area contributed by atoms with Gasteiger partial charge in [-0.2, -0.15) is 0 Å². The Morgan fingerprint density at radius 2 is 2.18 bits per heavy atom. The van der Waals surface area contributed by atoms with Crippen LogP contribution in [0, 0.1) is 11.8 Å². The molecule has 1 aromatic rings. The van der Waals surface area contributed by atoms with Crippen LogP contribution in [0.2, 0.25) is 0 Å². The first kappa shape index (κ1) is 10.7. The predicted octanol–water partition coefficient (Wildman–Crippen LogP) is 2.74. The number of nitrogens with zero attached hydrogens (tertiary/aromatic N) is 1. The first-order valence-corrected chi connectivity index (χ1v) is 6.34. The number of hydrogen-bond acceptors (Lipinski definition) is 2. The van der Waals surface area contributed by atoms with Crippen LogP contribution in [-0.2, 0) is 0 Å². The molecule has 3 rings (SSSR count). The molecule has 1 aliphatic carbocycles. The summed E-state index contributed by atoms with van der Waals surface area (Å²) >= 11 is 0. The number of fused-ring (bicyclic) bond motifs is 1. The Kier molecular flexibility index (Phi) is 2.81. The number of allylic oxidation sites excluding steroid dienone is 2. The highest BCUT2D eigenvalue weighted by Gasteiger charge is 2.30. The number of hydrogen-bond donors (Lipinski definition) is 1. The third-order valence-corrected chi connectivity index (χ3v) is 3.99. The van der Waals surface area contributed by atoms with E-state index in [2.05, 4.69) is 29.0 Å². The second-order valence-electron chi connectivity index (χ2n) is 5.06. The van der Waals surface area contributed by atoms with E-state index in [1.165, 1.54) is 37.1 Å². The number of rotatable bonds is 2. The van der Waals surface area contributed by atoms with Gasteiger partial charge in [-0.1, -0.05) is 18.7 Å². The topological polar surface area (TPSA) is 24.9 Å². The van der Waals surface area contributed by atoms with E-state index >= 15 is 0 Å². The van der Waals surface area contributed by atoms with Crippen molar-refractivity contribution in [1.82, 2.24) is 10.3 Å². The Morgan fingerprint density at radius 3 is 3.06 bits per heavy atom. The van der Waals surface area contributed by atoms with E-state index in [0.29, 0.717) is 0 Å². The molecule has 1 fully saturated rings. The van der Waals surface area contributed by atoms with Gasteiger partial charge in [-0.05, 0) is 60.5 Å². The molecule has 2 atom stereocenters. The third kappa shape index (κ3) is 2.05. The molecule has 88 valence electrons. The van der Waals surface area contributed by atoms with Gasteiger partial charge in [0.1, 0.15) is 0 Å². The van der Waals surface area contributed by atoms with Crippen LogP contribution >= 0.6 is 0 Å². The van der Waals surface area contributed by atoms with Gasteiger partial charge in [0.05, 0.1) is 0 Å². The largest absolute Gasteiger partial charge is 0.316 e. The van der Waals surface area contributed by atoms with Crippen molar-refractivity contribution in [3.8, 4) is 0 Å². The van der Waals surface area contributed by atoms with Crippen molar-refractivity contribution in [1.29, 1.82) is 0 Å². The second-order valence-corrected chi connectivity index (χ2v) is 5.06. The average Bonchev–Trinajstić information content (AvgIpc) is 2.86. The molecule has 1 aliphatic heterocycles. The van der Waals surface area contributed by atoms with E-state index in [9.17, 15) is 0 Å². The number of nitrogens with one attached hydrogen (secondary N) is 1. The van der Waals surface area contributed by atoms with Crippen LogP contribution in [0.1, 0.15) is 24.0 Å². The number of pyridine rings is 1. The van der Waals surface area contributed by atoms with E-state index in [0.717, 1.165) is 17.4 Å². The van der Waals surface area contributed by atoms with Crippen LogP contribution in [0.5, 0.6) is 0 Å². The minimum Gasteiger partial charge on any atom is -0.316 e. The highest BCUT2D eigenvalue weighted by Crippen LogP contribution is 2.36. The van der Waals surface area contributed by atoms with Crippen LogP contribution < -0.4 is 5.32 Å². The summed E-state index contributed by atoms with van der Waals surface area (Å²) in [6.45, 7) is 6.17. The molecule has 2 nitrogen and oxygen atoms in total. The van der Waals surface area contributed by atoms with Crippen molar-refractivity contribution in [3.63, 3.8) is 0 Å². The van der Waals surface area contributed by atoms with E-state index in [1.54, 1.807) is 0 Å². The molecule has 1 aromatic heterocycles. The van der Waals surface area contributed by atoms with Gasteiger partial charge in [0, 0.05) is 12.4 Å². The fourth-order valence-corrected chi connectivity index (χ4v) is 2.94. The molecule has 0 aromatic carbocycles. The smallest absolute Gasteiger partial charge is 0.0343 e. The molecule has 1 N–H and O–H groups in total. The highest BCUT2D eigenvalue weighted by molar-refractivity contribution is 5.68. The third-order valence-electron chi connectivity index (χ3n) is 3.99. The van der Waals surface area contributed by atoms with Crippen molar-refractivity contribution >= 4 is 11.6 Å². The fraction of sp³-hybridized carbons (Fsp3) is 0.400. The second kappa shape index (κ2) is 4.46. The van der Waals surface area contributed by atoms with Crippen molar-refractivity contribution in [2.45, 2.75) is 12.8 Å². The molecular formula is C15H18N2. The van der Waals surface area contributed by atoms with E-state index in [1.807, 2.05) is 18.5 Å². The predicted molar refractivity (Wildman–Crippen MR) is 71.4 cm³/mol. The molecular weight excluding hydrogens is 208 g/mol. The molecule has 2 heterocycles. The maximum atomic E-state index is 4.29. The maximum Gasteiger partial charge on any atom is 0.0343 e. The number of aromatic nitrogens is 1. The lowest BCUT2D eigenvalue weighted by Gasteiger charge is -2.24. The first-order valence-electron chi connectivity index (χ1n) is 6.34. The lowest BCUT2D eigenvalue weighted by atomic mass is 9.80. The average molecular weight is 226 g/mol. The molecule has 0 saturated carbocycles. The van der Waals surface area contributed by atoms with Crippen molar-refractivity contribution < 1.29 is 0 Å². The molecule has 2 heteroatoms. The zero-order valence-corrected chi connectivity index (χ0v) is 10.0. The first-order chi connectivity index (χ1) is 8.36. The minimum absolute atomic E-state index is 0.822. The Labute approximate surface area is 102 Å². The lowest BCUT2D eigenvalue weighted by molar-refractivity contribution is 0.418. The summed E-state index contributed by atoms with van der Waals surface area (Å²) in [5, 5.41) is 3.49. The summed E-state index contributed by atoms with van der Waals surface area (Å²) in [5.41, 5.74) is 3.84. The van der Waals surface area contributed by atoms with Crippen LogP contribution in [0.4, 0.5) is 0 Å². The Morgan fingerprint density at radius 1 is 1.29 bits per heavy atom. The molecule has 0 bridgehead atoms. The molecule has 17 heavy (non-hydrogen) atoms. The van der Waals surface area contributed by atoms with Crippen LogP contribution in [0.15, 0.2) is 31.1 Å². The normalized spacial score (nSPS) is 27.4. The van der Waals surface area contributed by atoms with Crippen LogP contribution in [0.3, 0.4) is 0 Å². The quantitative estimate of drug-likeness (QED) is 0.838. The van der Waals surface area contributed by atoms with E-state index < -0.39 is 0 Å².